The van der Waals surface area contributed by atoms with E-state index in [1.54, 1.807) is 6.07 Å². The topological polar surface area (TPSA) is 61.4 Å². The molecule has 150 valence electrons. The first-order valence-corrected chi connectivity index (χ1v) is 9.82. The summed E-state index contributed by atoms with van der Waals surface area (Å²) in [6, 6.07) is 7.02. The highest BCUT2D eigenvalue weighted by Gasteiger charge is 2.34. The second-order valence-electron chi connectivity index (χ2n) is 8.15. The zero-order valence-electron chi connectivity index (χ0n) is 16.5. The molecular formula is C21H32ClN3O2. The van der Waals surface area contributed by atoms with E-state index in [2.05, 4.69) is 10.6 Å². The number of amides is 2. The number of fused-ring (bicyclic) bond motifs is 1. The van der Waals surface area contributed by atoms with E-state index in [4.69, 9.17) is 0 Å². The van der Waals surface area contributed by atoms with Gasteiger partial charge in [0.05, 0.1) is 0 Å². The molecule has 2 fully saturated rings. The first-order valence-electron chi connectivity index (χ1n) is 9.82. The Bertz CT molecular complexity index is 651. The van der Waals surface area contributed by atoms with Crippen LogP contribution in [0.4, 0.5) is 0 Å². The van der Waals surface area contributed by atoms with E-state index in [1.165, 1.54) is 0 Å². The summed E-state index contributed by atoms with van der Waals surface area (Å²) >= 11 is 0. The number of nitrogens with zero attached hydrogens (tertiary/aromatic N) is 1. The summed E-state index contributed by atoms with van der Waals surface area (Å²) in [5, 5.41) is 6.45. The van der Waals surface area contributed by atoms with Crippen LogP contribution in [0.2, 0.25) is 0 Å². The SMILES string of the molecule is Cc1cccc(C(=O)NC(C(=O)N2CC[C@@H]3CNC[C@@H]3CC2)C(C)C)c1.Cl. The maximum atomic E-state index is 13.1. The number of likely N-dealkylation sites (tertiary alicyclic amines) is 1. The zero-order chi connectivity index (χ0) is 18.7. The molecular weight excluding hydrogens is 362 g/mol. The molecule has 2 amide bonds. The van der Waals surface area contributed by atoms with Crippen LogP contribution < -0.4 is 10.6 Å². The molecule has 6 heteroatoms. The van der Waals surface area contributed by atoms with Crippen LogP contribution in [0.3, 0.4) is 0 Å². The van der Waals surface area contributed by atoms with Gasteiger partial charge in [-0.05, 0) is 62.7 Å². The highest BCUT2D eigenvalue weighted by atomic mass is 35.5. The predicted molar refractivity (Wildman–Crippen MR) is 110 cm³/mol. The Kier molecular flexibility index (Phi) is 7.68. The first-order chi connectivity index (χ1) is 12.5. The molecule has 0 saturated carbocycles. The molecule has 1 aromatic carbocycles. The van der Waals surface area contributed by atoms with Crippen LogP contribution in [0.25, 0.3) is 0 Å². The third-order valence-corrected chi connectivity index (χ3v) is 5.83. The van der Waals surface area contributed by atoms with Crippen molar-refractivity contribution in [1.29, 1.82) is 0 Å². The largest absolute Gasteiger partial charge is 0.341 e. The number of hydrogen-bond donors (Lipinski definition) is 2. The lowest BCUT2D eigenvalue weighted by atomic mass is 9.92. The molecule has 2 aliphatic heterocycles. The number of rotatable bonds is 4. The van der Waals surface area contributed by atoms with Gasteiger partial charge in [-0.3, -0.25) is 9.59 Å². The molecule has 3 rings (SSSR count). The highest BCUT2D eigenvalue weighted by molar-refractivity contribution is 5.97. The van der Waals surface area contributed by atoms with Crippen LogP contribution in [0.1, 0.15) is 42.6 Å². The van der Waals surface area contributed by atoms with Gasteiger partial charge in [0.2, 0.25) is 5.91 Å². The lowest BCUT2D eigenvalue weighted by Gasteiger charge is -2.29. The summed E-state index contributed by atoms with van der Waals surface area (Å²) in [6.45, 7) is 9.70. The minimum Gasteiger partial charge on any atom is -0.341 e. The van der Waals surface area contributed by atoms with Gasteiger partial charge in [0, 0.05) is 18.7 Å². The summed E-state index contributed by atoms with van der Waals surface area (Å²) < 4.78 is 0. The van der Waals surface area contributed by atoms with Gasteiger partial charge >= 0.3 is 0 Å². The summed E-state index contributed by atoms with van der Waals surface area (Å²) in [5.41, 5.74) is 1.65. The second kappa shape index (κ2) is 9.56. The second-order valence-corrected chi connectivity index (χ2v) is 8.15. The van der Waals surface area contributed by atoms with Crippen molar-refractivity contribution in [2.45, 2.75) is 39.7 Å². The smallest absolute Gasteiger partial charge is 0.251 e. The van der Waals surface area contributed by atoms with E-state index >= 15 is 0 Å². The van der Waals surface area contributed by atoms with Crippen molar-refractivity contribution in [1.82, 2.24) is 15.5 Å². The summed E-state index contributed by atoms with van der Waals surface area (Å²) in [4.78, 5) is 27.7. The molecule has 1 aromatic rings. The third kappa shape index (κ3) is 5.23. The van der Waals surface area contributed by atoms with E-state index in [-0.39, 0.29) is 30.1 Å². The summed E-state index contributed by atoms with van der Waals surface area (Å²) in [7, 11) is 0. The van der Waals surface area contributed by atoms with E-state index < -0.39 is 6.04 Å². The monoisotopic (exact) mass is 393 g/mol. The van der Waals surface area contributed by atoms with Crippen LogP contribution in [0, 0.1) is 24.7 Å². The summed E-state index contributed by atoms with van der Waals surface area (Å²) in [5.74, 6) is 1.32. The molecule has 0 bridgehead atoms. The Morgan fingerprint density at radius 3 is 2.33 bits per heavy atom. The van der Waals surface area contributed by atoms with Crippen molar-refractivity contribution in [3.63, 3.8) is 0 Å². The molecule has 27 heavy (non-hydrogen) atoms. The molecule has 2 N–H and O–H groups in total. The van der Waals surface area contributed by atoms with Crippen molar-refractivity contribution < 1.29 is 9.59 Å². The normalized spacial score (nSPS) is 23.2. The van der Waals surface area contributed by atoms with Gasteiger partial charge in [0.25, 0.3) is 5.91 Å². The number of carbonyl (C=O) groups is 2. The highest BCUT2D eigenvalue weighted by Crippen LogP contribution is 2.27. The number of aryl methyl sites for hydroxylation is 1. The average molecular weight is 394 g/mol. The number of benzene rings is 1. The molecule has 3 atom stereocenters. The molecule has 2 aliphatic rings. The van der Waals surface area contributed by atoms with Crippen molar-refractivity contribution in [3.8, 4) is 0 Å². The molecule has 2 heterocycles. The van der Waals surface area contributed by atoms with Crippen LogP contribution in [-0.2, 0) is 4.79 Å². The van der Waals surface area contributed by atoms with E-state index in [1.807, 2.05) is 43.9 Å². The van der Waals surface area contributed by atoms with Crippen molar-refractivity contribution in [2.24, 2.45) is 17.8 Å². The van der Waals surface area contributed by atoms with Gasteiger partial charge < -0.3 is 15.5 Å². The van der Waals surface area contributed by atoms with Crippen molar-refractivity contribution >= 4 is 24.2 Å². The zero-order valence-corrected chi connectivity index (χ0v) is 17.3. The number of nitrogens with one attached hydrogen (secondary N) is 2. The minimum absolute atomic E-state index is 0. The first kappa shape index (κ1) is 21.7. The Hall–Kier alpha value is -1.59. The minimum atomic E-state index is -0.473. The van der Waals surface area contributed by atoms with Crippen LogP contribution in [-0.4, -0.2) is 48.9 Å². The lowest BCUT2D eigenvalue weighted by molar-refractivity contribution is -0.134. The quantitative estimate of drug-likeness (QED) is 0.826. The maximum Gasteiger partial charge on any atom is 0.251 e. The van der Waals surface area contributed by atoms with Crippen molar-refractivity contribution in [2.75, 3.05) is 26.2 Å². The molecule has 0 radical (unpaired) electrons. The Labute approximate surface area is 168 Å². The molecule has 2 saturated heterocycles. The predicted octanol–water partition coefficient (Wildman–Crippen LogP) is 2.63. The van der Waals surface area contributed by atoms with E-state index in [9.17, 15) is 9.59 Å². The Morgan fingerprint density at radius 1 is 1.15 bits per heavy atom. The lowest BCUT2D eigenvalue weighted by Crippen LogP contribution is -2.51. The number of hydrogen-bond acceptors (Lipinski definition) is 3. The van der Waals surface area contributed by atoms with Gasteiger partial charge in [-0.2, -0.15) is 0 Å². The van der Waals surface area contributed by atoms with Gasteiger partial charge in [-0.25, -0.2) is 0 Å². The van der Waals surface area contributed by atoms with Crippen LogP contribution >= 0.6 is 12.4 Å². The fraction of sp³-hybridized carbons (Fsp3) is 0.619. The Balaban J connectivity index is 0.00000261. The molecule has 1 unspecified atom stereocenters. The van der Waals surface area contributed by atoms with Gasteiger partial charge in [0.15, 0.2) is 0 Å². The fourth-order valence-electron chi connectivity index (χ4n) is 4.16. The average Bonchev–Trinajstić information content (AvgIpc) is 2.97. The fourth-order valence-corrected chi connectivity index (χ4v) is 4.16. The van der Waals surface area contributed by atoms with Gasteiger partial charge in [0.1, 0.15) is 6.04 Å². The van der Waals surface area contributed by atoms with Crippen LogP contribution in [0.15, 0.2) is 24.3 Å². The van der Waals surface area contributed by atoms with Crippen LogP contribution in [0.5, 0.6) is 0 Å². The maximum absolute atomic E-state index is 13.1. The van der Waals surface area contributed by atoms with Gasteiger partial charge in [-0.15, -0.1) is 12.4 Å². The van der Waals surface area contributed by atoms with E-state index in [0.29, 0.717) is 17.4 Å². The Morgan fingerprint density at radius 2 is 1.78 bits per heavy atom. The van der Waals surface area contributed by atoms with E-state index in [0.717, 1.165) is 44.6 Å². The molecule has 0 spiro atoms. The third-order valence-electron chi connectivity index (χ3n) is 5.83. The molecule has 0 aromatic heterocycles. The molecule has 0 aliphatic carbocycles. The standard InChI is InChI=1S/C21H31N3O2.ClH/c1-14(2)19(23-20(25)16-6-4-5-15(3)11-16)21(26)24-9-7-17-12-22-13-18(17)8-10-24;/h4-6,11,14,17-19,22H,7-10,12-13H2,1-3H3,(H,23,25);1H/t17-,18+,19?;. The van der Waals surface area contributed by atoms with Crippen molar-refractivity contribution in [3.05, 3.63) is 35.4 Å². The number of carbonyl (C=O) groups excluding carboxylic acids is 2. The molecule has 5 nitrogen and oxygen atoms in total. The number of halogens is 1. The summed E-state index contributed by atoms with van der Waals surface area (Å²) in [6.07, 6.45) is 2.11. The van der Waals surface area contributed by atoms with Gasteiger partial charge in [-0.1, -0.05) is 31.5 Å².